The Morgan fingerprint density at radius 2 is 1.11 bits per heavy atom. The number of rotatable bonds is 38. The second kappa shape index (κ2) is 36.8. The highest BCUT2D eigenvalue weighted by Crippen LogP contribution is 2.43. The van der Waals surface area contributed by atoms with E-state index in [4.69, 9.17) is 9.05 Å². The molecule has 3 atom stereocenters. The van der Waals surface area contributed by atoms with Crippen LogP contribution in [0.1, 0.15) is 168 Å². The van der Waals surface area contributed by atoms with Crippen LogP contribution in [0.3, 0.4) is 0 Å². The van der Waals surface area contributed by atoms with Crippen molar-refractivity contribution in [1.29, 1.82) is 0 Å². The predicted molar refractivity (Wildman–Crippen MR) is 230 cm³/mol. The fourth-order valence-electron chi connectivity index (χ4n) is 5.84. The summed E-state index contributed by atoms with van der Waals surface area (Å²) in [5.74, 6) is -0.168. The molecule has 0 saturated heterocycles. The van der Waals surface area contributed by atoms with E-state index in [0.29, 0.717) is 23.9 Å². The molecular weight excluding hydrogens is 695 g/mol. The molecule has 3 N–H and O–H groups in total. The molecule has 0 spiro atoms. The number of hydrogen-bond donors (Lipinski definition) is 3. The molecule has 314 valence electrons. The molecule has 0 aromatic heterocycles. The van der Waals surface area contributed by atoms with Crippen molar-refractivity contribution in [3.05, 3.63) is 60.8 Å². The number of phosphoric acid groups is 1. The monoisotopic (exact) mass is 780 g/mol. The number of aliphatic hydroxyl groups excluding tert-OH is 1. The SMILES string of the molecule is CC/C=C\C/C=C\C/C=C\C/C=C\C/C=C\CCCCCCCC(=O)NC(COP(=O)(O)OCC[N+](C)(C)C)C(O)CCCCCCCCCCCCC. The van der Waals surface area contributed by atoms with Gasteiger partial charge in [-0.15, -0.1) is 0 Å². The molecule has 1 amide bonds. The lowest BCUT2D eigenvalue weighted by Gasteiger charge is -2.26. The Morgan fingerprint density at radius 3 is 1.63 bits per heavy atom. The Bertz CT molecular complexity index is 1060. The summed E-state index contributed by atoms with van der Waals surface area (Å²) in [6, 6.07) is -0.772. The van der Waals surface area contributed by atoms with Gasteiger partial charge in [0, 0.05) is 6.42 Å². The first-order valence-electron chi connectivity index (χ1n) is 21.7. The third-order valence-electron chi connectivity index (χ3n) is 9.28. The predicted octanol–water partition coefficient (Wildman–Crippen LogP) is 11.9. The molecule has 8 nitrogen and oxygen atoms in total. The number of carbonyl (C=O) groups is 1. The Morgan fingerprint density at radius 1 is 0.648 bits per heavy atom. The molecule has 0 radical (unpaired) electrons. The van der Waals surface area contributed by atoms with E-state index in [0.717, 1.165) is 89.9 Å². The molecule has 0 aromatic rings. The zero-order valence-corrected chi connectivity index (χ0v) is 36.3. The summed E-state index contributed by atoms with van der Waals surface area (Å²) < 4.78 is 23.6. The average Bonchev–Trinajstić information content (AvgIpc) is 3.12. The molecule has 0 aliphatic carbocycles. The normalized spacial score (nSPS) is 15.0. The van der Waals surface area contributed by atoms with Gasteiger partial charge in [0.1, 0.15) is 13.2 Å². The summed E-state index contributed by atoms with van der Waals surface area (Å²) in [6.07, 6.45) is 46.7. The standard InChI is InChI=1S/C45H83N2O6P/c1-6-8-10-12-14-16-18-19-20-21-22-23-24-25-26-27-29-31-33-35-37-39-45(49)46-43(42-53-54(50,51)52-41-40-47(3,4)5)44(48)38-36-34-32-30-28-17-15-13-11-9-7-2/h8,10,14,16,19-20,22-23,25-26,43-44,48H,6-7,9,11-13,15,17-18,21,24,27-42H2,1-5H3,(H-,46,49,50,51)/p+1/b10-8-,16-14-,20-19-,23-22-,26-25-. The number of unbranched alkanes of at least 4 members (excludes halogenated alkanes) is 15. The van der Waals surface area contributed by atoms with Crippen LogP contribution in [-0.2, 0) is 18.4 Å². The van der Waals surface area contributed by atoms with Crippen LogP contribution in [-0.4, -0.2) is 73.4 Å². The van der Waals surface area contributed by atoms with Crippen LogP contribution in [0.2, 0.25) is 0 Å². The fraction of sp³-hybridized carbons (Fsp3) is 0.756. The van der Waals surface area contributed by atoms with E-state index in [1.165, 1.54) is 51.4 Å². The van der Waals surface area contributed by atoms with Gasteiger partial charge < -0.3 is 19.8 Å². The van der Waals surface area contributed by atoms with E-state index in [-0.39, 0.29) is 19.1 Å². The average molecular weight is 780 g/mol. The van der Waals surface area contributed by atoms with E-state index < -0.39 is 20.0 Å². The van der Waals surface area contributed by atoms with Crippen molar-refractivity contribution in [2.24, 2.45) is 0 Å². The molecule has 0 rings (SSSR count). The third kappa shape index (κ3) is 38.5. The second-order valence-corrected chi connectivity index (χ2v) is 17.1. The van der Waals surface area contributed by atoms with Gasteiger partial charge in [-0.1, -0.05) is 164 Å². The topological polar surface area (TPSA) is 105 Å². The highest BCUT2D eigenvalue weighted by Gasteiger charge is 2.28. The van der Waals surface area contributed by atoms with E-state index in [9.17, 15) is 19.4 Å². The first-order valence-corrected chi connectivity index (χ1v) is 23.1. The van der Waals surface area contributed by atoms with Gasteiger partial charge in [-0.25, -0.2) is 4.57 Å². The Balaban J connectivity index is 4.39. The second-order valence-electron chi connectivity index (χ2n) is 15.7. The molecule has 9 heteroatoms. The van der Waals surface area contributed by atoms with Crippen LogP contribution in [0.4, 0.5) is 0 Å². The van der Waals surface area contributed by atoms with Crippen molar-refractivity contribution >= 4 is 13.7 Å². The van der Waals surface area contributed by atoms with Gasteiger partial charge in [-0.2, -0.15) is 0 Å². The summed E-state index contributed by atoms with van der Waals surface area (Å²) >= 11 is 0. The maximum Gasteiger partial charge on any atom is 0.472 e. The van der Waals surface area contributed by atoms with Crippen LogP contribution < -0.4 is 5.32 Å². The summed E-state index contributed by atoms with van der Waals surface area (Å²) in [5.41, 5.74) is 0. The first-order chi connectivity index (χ1) is 26.0. The third-order valence-corrected chi connectivity index (χ3v) is 10.3. The number of carbonyl (C=O) groups excluding carboxylic acids is 1. The number of quaternary nitrogens is 1. The van der Waals surface area contributed by atoms with Crippen molar-refractivity contribution in [3.8, 4) is 0 Å². The Kier molecular flexibility index (Phi) is 35.6. The Hall–Kier alpha value is -1.80. The molecule has 0 bridgehead atoms. The van der Waals surface area contributed by atoms with E-state index in [1.807, 2.05) is 21.1 Å². The van der Waals surface area contributed by atoms with Crippen molar-refractivity contribution in [1.82, 2.24) is 5.32 Å². The zero-order chi connectivity index (χ0) is 40.0. The smallest absolute Gasteiger partial charge is 0.391 e. The minimum atomic E-state index is -4.32. The highest BCUT2D eigenvalue weighted by molar-refractivity contribution is 7.47. The number of likely N-dealkylation sites (N-methyl/N-ethyl adjacent to an activating group) is 1. The van der Waals surface area contributed by atoms with Crippen LogP contribution in [0.15, 0.2) is 60.8 Å². The molecule has 0 fully saturated rings. The van der Waals surface area contributed by atoms with Gasteiger partial charge in [-0.05, 0) is 57.8 Å². The summed E-state index contributed by atoms with van der Waals surface area (Å²) in [4.78, 5) is 23.1. The van der Waals surface area contributed by atoms with Crippen molar-refractivity contribution in [3.63, 3.8) is 0 Å². The number of phosphoric ester groups is 1. The van der Waals surface area contributed by atoms with Crippen molar-refractivity contribution in [2.75, 3.05) is 40.9 Å². The van der Waals surface area contributed by atoms with Crippen molar-refractivity contribution < 1.29 is 32.9 Å². The van der Waals surface area contributed by atoms with Crippen molar-refractivity contribution in [2.45, 2.75) is 180 Å². The number of allylic oxidation sites excluding steroid dienone is 10. The van der Waals surface area contributed by atoms with E-state index in [1.54, 1.807) is 0 Å². The largest absolute Gasteiger partial charge is 0.472 e. The number of aliphatic hydroxyl groups is 1. The van der Waals surface area contributed by atoms with Gasteiger partial charge >= 0.3 is 7.82 Å². The highest BCUT2D eigenvalue weighted by atomic mass is 31.2. The minimum absolute atomic E-state index is 0.0674. The molecule has 3 unspecified atom stereocenters. The summed E-state index contributed by atoms with van der Waals surface area (Å²) in [6.45, 7) is 4.72. The van der Waals surface area contributed by atoms with Crippen LogP contribution in [0, 0.1) is 0 Å². The maximum atomic E-state index is 12.9. The lowest BCUT2D eigenvalue weighted by Crippen LogP contribution is -2.46. The molecule has 54 heavy (non-hydrogen) atoms. The lowest BCUT2D eigenvalue weighted by atomic mass is 10.0. The number of nitrogens with zero attached hydrogens (tertiary/aromatic N) is 1. The van der Waals surface area contributed by atoms with E-state index >= 15 is 0 Å². The van der Waals surface area contributed by atoms with E-state index in [2.05, 4.69) is 79.9 Å². The molecule has 0 saturated carbocycles. The summed E-state index contributed by atoms with van der Waals surface area (Å²) in [5, 5.41) is 13.9. The fourth-order valence-corrected chi connectivity index (χ4v) is 6.57. The Labute approximate surface area is 332 Å². The molecule has 0 aliphatic rings. The quantitative estimate of drug-likeness (QED) is 0.0249. The molecule has 0 aliphatic heterocycles. The minimum Gasteiger partial charge on any atom is -0.391 e. The molecule has 0 aromatic carbocycles. The van der Waals surface area contributed by atoms with Gasteiger partial charge in [-0.3, -0.25) is 13.8 Å². The lowest BCUT2D eigenvalue weighted by molar-refractivity contribution is -0.870. The number of hydrogen-bond acceptors (Lipinski definition) is 5. The van der Waals surface area contributed by atoms with Crippen LogP contribution in [0.25, 0.3) is 0 Å². The van der Waals surface area contributed by atoms with Crippen LogP contribution >= 0.6 is 7.82 Å². The van der Waals surface area contributed by atoms with Gasteiger partial charge in [0.25, 0.3) is 0 Å². The van der Waals surface area contributed by atoms with Gasteiger partial charge in [0.05, 0.1) is 39.9 Å². The first kappa shape index (κ1) is 52.2. The van der Waals surface area contributed by atoms with Gasteiger partial charge in [0.15, 0.2) is 0 Å². The number of amides is 1. The summed E-state index contributed by atoms with van der Waals surface area (Å²) in [7, 11) is 1.59. The molecule has 0 heterocycles. The van der Waals surface area contributed by atoms with Gasteiger partial charge in [0.2, 0.25) is 5.91 Å². The number of nitrogens with one attached hydrogen (secondary N) is 1. The maximum absolute atomic E-state index is 12.9. The zero-order valence-electron chi connectivity index (χ0n) is 35.4. The molecular formula is C45H84N2O6P+. The van der Waals surface area contributed by atoms with Crippen LogP contribution in [0.5, 0.6) is 0 Å².